The molecule has 0 aromatic heterocycles. The highest BCUT2D eigenvalue weighted by Crippen LogP contribution is 2.43. The van der Waals surface area contributed by atoms with Crippen LogP contribution in [0.3, 0.4) is 0 Å². The van der Waals surface area contributed by atoms with Gasteiger partial charge in [0.2, 0.25) is 0 Å². The summed E-state index contributed by atoms with van der Waals surface area (Å²) in [6.45, 7) is 0.247. The average molecular weight is 352 g/mol. The fraction of sp³-hybridized carbons (Fsp3) is 0.143. The molecule has 0 saturated carbocycles. The van der Waals surface area contributed by atoms with Crippen LogP contribution in [0.2, 0.25) is 0 Å². The molecule has 3 aromatic carbocycles. The summed E-state index contributed by atoms with van der Waals surface area (Å²) in [4.78, 5) is 18.3. The Morgan fingerprint density at radius 1 is 0.640 bits per heavy atom. The molecule has 0 aliphatic heterocycles. The van der Waals surface area contributed by atoms with E-state index in [9.17, 15) is 0 Å². The first-order chi connectivity index (χ1) is 12.2. The lowest BCUT2D eigenvalue weighted by molar-refractivity contribution is 0.238. The quantitative estimate of drug-likeness (QED) is 0.481. The maximum absolute atomic E-state index is 9.16. The molecule has 25 heavy (non-hydrogen) atoms. The van der Waals surface area contributed by atoms with Gasteiger partial charge in [-0.15, -0.1) is 0 Å². The molecule has 0 fully saturated rings. The van der Waals surface area contributed by atoms with E-state index >= 15 is 0 Å². The Morgan fingerprint density at radius 3 is 1.32 bits per heavy atom. The molecule has 0 spiro atoms. The van der Waals surface area contributed by atoms with E-state index in [1.54, 1.807) is 0 Å². The van der Waals surface area contributed by atoms with E-state index in [4.69, 9.17) is 14.3 Å². The SMILES string of the molecule is OP(O)OCCC(c1ccccc1)(c1ccccc1)c1ccccc1. The summed E-state index contributed by atoms with van der Waals surface area (Å²) in [6, 6.07) is 30.9. The molecule has 2 N–H and O–H groups in total. The standard InChI is InChI=1S/C21H21O3P/c22-25(23)24-17-16-21(18-10-4-1-5-11-18,19-12-6-2-7-13-19)20-14-8-3-9-15-20/h1-15,22-23H,16-17H2. The summed E-state index contributed by atoms with van der Waals surface area (Å²) in [5.74, 6) is 0. The lowest BCUT2D eigenvalue weighted by Crippen LogP contribution is -2.31. The normalized spacial score (nSPS) is 11.6. The van der Waals surface area contributed by atoms with Crippen molar-refractivity contribution in [1.29, 1.82) is 0 Å². The number of benzene rings is 3. The molecule has 4 heteroatoms. The highest BCUT2D eigenvalue weighted by molar-refractivity contribution is 7.39. The van der Waals surface area contributed by atoms with E-state index in [0.29, 0.717) is 6.42 Å². The van der Waals surface area contributed by atoms with Crippen LogP contribution >= 0.6 is 8.60 Å². The molecule has 0 saturated heterocycles. The highest BCUT2D eigenvalue weighted by atomic mass is 31.2. The second-order valence-electron chi connectivity index (χ2n) is 5.84. The third-order valence-electron chi connectivity index (χ3n) is 4.48. The van der Waals surface area contributed by atoms with E-state index < -0.39 is 14.0 Å². The third kappa shape index (κ3) is 3.97. The molecule has 3 aromatic rings. The Balaban J connectivity index is 2.16. The van der Waals surface area contributed by atoms with Crippen molar-refractivity contribution in [2.45, 2.75) is 11.8 Å². The third-order valence-corrected chi connectivity index (χ3v) is 4.90. The van der Waals surface area contributed by atoms with E-state index in [1.807, 2.05) is 54.6 Å². The van der Waals surface area contributed by atoms with Crippen LogP contribution in [0.4, 0.5) is 0 Å². The van der Waals surface area contributed by atoms with Gasteiger partial charge in [0.1, 0.15) is 0 Å². The van der Waals surface area contributed by atoms with Crippen LogP contribution in [-0.2, 0) is 9.94 Å². The van der Waals surface area contributed by atoms with Crippen LogP contribution in [0.5, 0.6) is 0 Å². The average Bonchev–Trinajstić information content (AvgIpc) is 2.67. The topological polar surface area (TPSA) is 49.7 Å². The predicted octanol–water partition coefficient (Wildman–Crippen LogP) is 4.64. The molecule has 0 bridgehead atoms. The second kappa shape index (κ2) is 8.37. The van der Waals surface area contributed by atoms with Crippen LogP contribution in [0.1, 0.15) is 23.1 Å². The molecule has 0 aliphatic rings. The molecular weight excluding hydrogens is 331 g/mol. The molecule has 0 unspecified atom stereocenters. The summed E-state index contributed by atoms with van der Waals surface area (Å²) in [6.07, 6.45) is 0.602. The van der Waals surface area contributed by atoms with E-state index in [-0.39, 0.29) is 6.61 Å². The minimum absolute atomic E-state index is 0.247. The maximum Gasteiger partial charge on any atom is 0.327 e. The van der Waals surface area contributed by atoms with Crippen molar-refractivity contribution in [3.8, 4) is 0 Å². The molecule has 3 rings (SSSR count). The minimum Gasteiger partial charge on any atom is -0.328 e. The first-order valence-corrected chi connectivity index (χ1v) is 9.37. The van der Waals surface area contributed by atoms with Crippen molar-refractivity contribution in [3.05, 3.63) is 108 Å². The van der Waals surface area contributed by atoms with Crippen LogP contribution < -0.4 is 0 Å². The number of hydrogen-bond donors (Lipinski definition) is 2. The summed E-state index contributed by atoms with van der Waals surface area (Å²) < 4.78 is 5.14. The van der Waals surface area contributed by atoms with Gasteiger partial charge in [-0.05, 0) is 23.1 Å². The Bertz CT molecular complexity index is 664. The van der Waals surface area contributed by atoms with Gasteiger partial charge in [-0.2, -0.15) is 0 Å². The first-order valence-electron chi connectivity index (χ1n) is 8.21. The van der Waals surface area contributed by atoms with E-state index in [1.165, 1.54) is 0 Å². The molecule has 0 atom stereocenters. The lowest BCUT2D eigenvalue weighted by Gasteiger charge is -2.36. The van der Waals surface area contributed by atoms with E-state index in [2.05, 4.69) is 36.4 Å². The van der Waals surface area contributed by atoms with Crippen molar-refractivity contribution in [3.63, 3.8) is 0 Å². The van der Waals surface area contributed by atoms with Gasteiger partial charge in [0.25, 0.3) is 0 Å². The zero-order chi connectivity index (χ0) is 17.5. The van der Waals surface area contributed by atoms with Gasteiger partial charge in [-0.25, -0.2) is 0 Å². The van der Waals surface area contributed by atoms with Crippen LogP contribution in [0.25, 0.3) is 0 Å². The Labute approximate surface area is 149 Å². The lowest BCUT2D eigenvalue weighted by atomic mass is 9.67. The Kier molecular flexibility index (Phi) is 5.95. The van der Waals surface area contributed by atoms with Crippen LogP contribution in [-0.4, -0.2) is 16.4 Å². The van der Waals surface area contributed by atoms with Gasteiger partial charge in [0, 0.05) is 5.41 Å². The highest BCUT2D eigenvalue weighted by Gasteiger charge is 2.36. The maximum atomic E-state index is 9.16. The Morgan fingerprint density at radius 2 is 1.00 bits per heavy atom. The monoisotopic (exact) mass is 352 g/mol. The fourth-order valence-corrected chi connectivity index (χ4v) is 3.64. The van der Waals surface area contributed by atoms with Crippen molar-refractivity contribution < 1.29 is 14.3 Å². The number of hydrogen-bond acceptors (Lipinski definition) is 3. The minimum atomic E-state index is -2.36. The second-order valence-corrected chi connectivity index (χ2v) is 6.60. The van der Waals surface area contributed by atoms with E-state index in [0.717, 1.165) is 16.7 Å². The zero-order valence-corrected chi connectivity index (χ0v) is 14.7. The molecule has 128 valence electrons. The number of rotatable bonds is 7. The smallest absolute Gasteiger partial charge is 0.327 e. The zero-order valence-electron chi connectivity index (χ0n) is 13.8. The predicted molar refractivity (Wildman–Crippen MR) is 101 cm³/mol. The molecule has 0 amide bonds. The molecule has 0 aliphatic carbocycles. The first kappa shape index (κ1) is 17.8. The molecule has 0 radical (unpaired) electrons. The summed E-state index contributed by atoms with van der Waals surface area (Å²) in [7, 11) is -2.36. The summed E-state index contributed by atoms with van der Waals surface area (Å²) >= 11 is 0. The van der Waals surface area contributed by atoms with Crippen LogP contribution in [0.15, 0.2) is 91.0 Å². The van der Waals surface area contributed by atoms with Crippen LogP contribution in [0, 0.1) is 0 Å². The fourth-order valence-electron chi connectivity index (χ4n) is 3.38. The van der Waals surface area contributed by atoms with Gasteiger partial charge in [-0.3, -0.25) is 0 Å². The van der Waals surface area contributed by atoms with Gasteiger partial charge in [-0.1, -0.05) is 91.0 Å². The van der Waals surface area contributed by atoms with Gasteiger partial charge in [0.15, 0.2) is 0 Å². The van der Waals surface area contributed by atoms with Gasteiger partial charge >= 0.3 is 8.60 Å². The summed E-state index contributed by atoms with van der Waals surface area (Å²) in [5.41, 5.74) is 3.03. The summed E-state index contributed by atoms with van der Waals surface area (Å²) in [5, 5.41) is 0. The van der Waals surface area contributed by atoms with Crippen molar-refractivity contribution in [2.75, 3.05) is 6.61 Å². The van der Waals surface area contributed by atoms with Crippen molar-refractivity contribution in [1.82, 2.24) is 0 Å². The largest absolute Gasteiger partial charge is 0.328 e. The molecule has 3 nitrogen and oxygen atoms in total. The van der Waals surface area contributed by atoms with Gasteiger partial charge in [0.05, 0.1) is 6.61 Å². The van der Waals surface area contributed by atoms with Crippen molar-refractivity contribution >= 4 is 8.60 Å². The molecular formula is C21H21O3P. The Hall–Kier alpha value is -2.03. The van der Waals surface area contributed by atoms with Crippen molar-refractivity contribution in [2.24, 2.45) is 0 Å². The molecule has 0 heterocycles. The van der Waals surface area contributed by atoms with Gasteiger partial charge < -0.3 is 14.3 Å².